The van der Waals surface area contributed by atoms with Crippen LogP contribution in [0.5, 0.6) is 17.2 Å². The molecule has 0 bridgehead atoms. The molecule has 1 heterocycles. The number of methoxy groups -OCH3 is 2. The minimum atomic E-state index is -1.09. The first-order valence-corrected chi connectivity index (χ1v) is 9.62. The number of carbonyl (C=O) groups excluding carboxylic acids is 1. The van der Waals surface area contributed by atoms with Gasteiger partial charge in [0.1, 0.15) is 41.3 Å². The first kappa shape index (κ1) is 20.7. The maximum atomic E-state index is 13.0. The maximum Gasteiger partial charge on any atom is 0.343 e. The van der Waals surface area contributed by atoms with Crippen molar-refractivity contribution in [2.24, 2.45) is 0 Å². The monoisotopic (exact) mass is 424 g/mol. The minimum Gasteiger partial charge on any atom is -0.497 e. The zero-order valence-electron chi connectivity index (χ0n) is 17.0. The van der Waals surface area contributed by atoms with Crippen molar-refractivity contribution in [2.75, 3.05) is 14.2 Å². The van der Waals surface area contributed by atoms with Gasteiger partial charge in [-0.1, -0.05) is 24.3 Å². The Morgan fingerprint density at radius 3 is 2.35 bits per heavy atom. The number of halogens is 1. The summed E-state index contributed by atoms with van der Waals surface area (Å²) < 4.78 is 34.7. The van der Waals surface area contributed by atoms with E-state index in [1.54, 1.807) is 48.5 Å². The van der Waals surface area contributed by atoms with Gasteiger partial charge in [-0.15, -0.1) is 0 Å². The van der Waals surface area contributed by atoms with E-state index >= 15 is 0 Å². The van der Waals surface area contributed by atoms with Crippen molar-refractivity contribution >= 4 is 5.97 Å². The van der Waals surface area contributed by atoms with Gasteiger partial charge in [0.25, 0.3) is 0 Å². The highest BCUT2D eigenvalue weighted by Gasteiger charge is 2.39. The lowest BCUT2D eigenvalue weighted by Crippen LogP contribution is -2.11. The van der Waals surface area contributed by atoms with Crippen LogP contribution in [-0.4, -0.2) is 25.3 Å². The molecule has 3 aromatic rings. The van der Waals surface area contributed by atoms with E-state index in [1.807, 2.05) is 0 Å². The van der Waals surface area contributed by atoms with Crippen LogP contribution in [0.15, 0.2) is 60.7 Å². The number of cyclic esters (lactones) is 1. The normalized spacial score (nSPS) is 15.7. The van der Waals surface area contributed by atoms with E-state index in [9.17, 15) is 14.3 Å². The van der Waals surface area contributed by atoms with Gasteiger partial charge in [0.15, 0.2) is 6.10 Å². The fraction of sp³-hybridized carbons (Fsp3) is 0.208. The molecule has 3 aromatic carbocycles. The van der Waals surface area contributed by atoms with Gasteiger partial charge < -0.3 is 24.1 Å². The van der Waals surface area contributed by atoms with Gasteiger partial charge in [-0.05, 0) is 41.5 Å². The van der Waals surface area contributed by atoms with Gasteiger partial charge in [0.2, 0.25) is 0 Å². The molecule has 0 fully saturated rings. The molecule has 6 nitrogen and oxygen atoms in total. The van der Waals surface area contributed by atoms with Crippen molar-refractivity contribution in [1.29, 1.82) is 0 Å². The van der Waals surface area contributed by atoms with E-state index in [4.69, 9.17) is 18.9 Å². The highest BCUT2D eigenvalue weighted by atomic mass is 19.1. The van der Waals surface area contributed by atoms with Gasteiger partial charge in [0, 0.05) is 11.6 Å². The summed E-state index contributed by atoms with van der Waals surface area (Å²) in [6.45, 7) is 0.287. The molecule has 0 saturated heterocycles. The van der Waals surface area contributed by atoms with Crippen molar-refractivity contribution in [3.05, 3.63) is 88.7 Å². The number of fused-ring (bicyclic) bond motifs is 1. The third kappa shape index (κ3) is 4.18. The number of aliphatic hydroxyl groups excluding tert-OH is 1. The summed E-state index contributed by atoms with van der Waals surface area (Å²) in [7, 11) is 2.96. The highest BCUT2D eigenvalue weighted by Crippen LogP contribution is 2.45. The first-order chi connectivity index (χ1) is 15.0. The fourth-order valence-electron chi connectivity index (χ4n) is 3.49. The Bertz CT molecular complexity index is 1080. The Hall–Kier alpha value is -3.58. The van der Waals surface area contributed by atoms with Crippen LogP contribution >= 0.6 is 0 Å². The van der Waals surface area contributed by atoms with Crippen molar-refractivity contribution in [1.82, 2.24) is 0 Å². The second kappa shape index (κ2) is 8.65. The smallest absolute Gasteiger partial charge is 0.343 e. The number of hydrogen-bond acceptors (Lipinski definition) is 6. The Morgan fingerprint density at radius 1 is 1.00 bits per heavy atom. The Balaban J connectivity index is 1.51. The van der Waals surface area contributed by atoms with Crippen LogP contribution in [0.25, 0.3) is 0 Å². The molecule has 0 aliphatic carbocycles. The Labute approximate surface area is 178 Å². The molecule has 0 radical (unpaired) electrons. The van der Waals surface area contributed by atoms with Gasteiger partial charge in [-0.3, -0.25) is 0 Å². The van der Waals surface area contributed by atoms with Gasteiger partial charge in [-0.25, -0.2) is 9.18 Å². The molecule has 1 N–H and O–H groups in total. The summed E-state index contributed by atoms with van der Waals surface area (Å²) >= 11 is 0. The molecular weight excluding hydrogens is 403 g/mol. The average Bonchev–Trinajstić information content (AvgIpc) is 3.14. The molecule has 0 amide bonds. The van der Waals surface area contributed by atoms with Crippen LogP contribution in [-0.2, 0) is 11.3 Å². The Kier molecular flexibility index (Phi) is 5.77. The lowest BCUT2D eigenvalue weighted by Gasteiger charge is -2.19. The first-order valence-electron chi connectivity index (χ1n) is 9.62. The second-order valence-corrected chi connectivity index (χ2v) is 7.05. The van der Waals surface area contributed by atoms with Crippen LogP contribution < -0.4 is 14.2 Å². The highest BCUT2D eigenvalue weighted by molar-refractivity contribution is 5.97. The second-order valence-electron chi connectivity index (χ2n) is 7.05. The van der Waals surface area contributed by atoms with Crippen LogP contribution in [0.2, 0.25) is 0 Å². The summed E-state index contributed by atoms with van der Waals surface area (Å²) in [6.07, 6.45) is -1.98. The maximum absolute atomic E-state index is 13.0. The third-order valence-electron chi connectivity index (χ3n) is 5.13. The van der Waals surface area contributed by atoms with Crippen molar-refractivity contribution in [3.63, 3.8) is 0 Å². The van der Waals surface area contributed by atoms with E-state index in [1.165, 1.54) is 26.4 Å². The van der Waals surface area contributed by atoms with E-state index in [-0.39, 0.29) is 18.0 Å². The molecule has 0 aromatic heterocycles. The summed E-state index contributed by atoms with van der Waals surface area (Å²) in [5, 5.41) is 10.9. The van der Waals surface area contributed by atoms with Gasteiger partial charge >= 0.3 is 5.97 Å². The average molecular weight is 424 g/mol. The lowest BCUT2D eigenvalue weighted by molar-refractivity contribution is -0.0103. The van der Waals surface area contributed by atoms with E-state index in [0.717, 1.165) is 5.56 Å². The summed E-state index contributed by atoms with van der Waals surface area (Å²) in [5.41, 5.74) is 2.18. The van der Waals surface area contributed by atoms with Crippen LogP contribution in [0, 0.1) is 5.82 Å². The molecule has 2 atom stereocenters. The predicted molar refractivity (Wildman–Crippen MR) is 110 cm³/mol. The molecule has 0 saturated carbocycles. The van der Waals surface area contributed by atoms with Crippen molar-refractivity contribution < 1.29 is 33.2 Å². The van der Waals surface area contributed by atoms with Crippen LogP contribution in [0.1, 0.15) is 39.3 Å². The number of benzene rings is 3. The summed E-state index contributed by atoms with van der Waals surface area (Å²) in [4.78, 5) is 12.4. The number of carbonyl (C=O) groups is 1. The van der Waals surface area contributed by atoms with E-state index < -0.39 is 18.2 Å². The van der Waals surface area contributed by atoms with Crippen molar-refractivity contribution in [2.45, 2.75) is 18.8 Å². The van der Waals surface area contributed by atoms with Crippen LogP contribution in [0.4, 0.5) is 4.39 Å². The quantitative estimate of drug-likeness (QED) is 0.568. The molecule has 1 aliphatic rings. The molecule has 4 rings (SSSR count). The molecule has 160 valence electrons. The SMILES string of the molecule is COc1cc(OC)c2c(c1)C(C(O)c1ccc(OCc3ccc(F)cc3)cc1)OC2=O. The summed E-state index contributed by atoms with van der Waals surface area (Å²) in [5.74, 6) is 0.561. The number of aliphatic hydroxyl groups is 1. The molecule has 31 heavy (non-hydrogen) atoms. The third-order valence-corrected chi connectivity index (χ3v) is 5.13. The molecule has 2 unspecified atom stereocenters. The minimum absolute atomic E-state index is 0.284. The lowest BCUT2D eigenvalue weighted by atomic mass is 9.96. The van der Waals surface area contributed by atoms with Gasteiger partial charge in [-0.2, -0.15) is 0 Å². The fourth-order valence-corrected chi connectivity index (χ4v) is 3.49. The number of hydrogen-bond donors (Lipinski definition) is 1. The van der Waals surface area contributed by atoms with Crippen molar-refractivity contribution in [3.8, 4) is 17.2 Å². The zero-order chi connectivity index (χ0) is 22.0. The number of esters is 1. The Morgan fingerprint density at radius 2 is 1.71 bits per heavy atom. The predicted octanol–water partition coefficient (Wildman–Crippen LogP) is 4.37. The number of ether oxygens (including phenoxy) is 4. The summed E-state index contributed by atoms with van der Waals surface area (Å²) in [6, 6.07) is 16.2. The standard InChI is InChI=1S/C24H21FO6/c1-28-18-11-19-21(20(12-18)29-2)24(27)31-23(19)22(26)15-5-9-17(10-6-15)30-13-14-3-7-16(25)8-4-14/h3-12,22-23,26H,13H2,1-2H3. The molecule has 0 spiro atoms. The van der Waals surface area contributed by atoms with E-state index in [2.05, 4.69) is 0 Å². The zero-order valence-corrected chi connectivity index (χ0v) is 17.0. The van der Waals surface area contributed by atoms with Crippen LogP contribution in [0.3, 0.4) is 0 Å². The topological polar surface area (TPSA) is 74.2 Å². The molecule has 7 heteroatoms. The largest absolute Gasteiger partial charge is 0.497 e. The number of rotatable bonds is 7. The molecular formula is C24H21FO6. The molecule has 1 aliphatic heterocycles. The van der Waals surface area contributed by atoms with E-state index in [0.29, 0.717) is 28.4 Å². The van der Waals surface area contributed by atoms with Gasteiger partial charge in [0.05, 0.1) is 14.2 Å².